The first-order chi connectivity index (χ1) is 9.45. The van der Waals surface area contributed by atoms with Crippen molar-refractivity contribution in [3.8, 4) is 0 Å². The first-order valence-corrected chi connectivity index (χ1v) is 8.50. The quantitative estimate of drug-likeness (QED) is 0.907. The Kier molecular flexibility index (Phi) is 4.20. The zero-order valence-corrected chi connectivity index (χ0v) is 12.4. The number of benzene rings is 1. The number of thiazole rings is 1. The standard InChI is InChI=1S/C13H14N2O3S2/c1-2-20(17,18)10-5-3-9(4-6-10)11(12(14)16)13-15-7-8-19-13/h3-8,11H,2H2,1H3,(H2,14,16). The van der Waals surface area contributed by atoms with E-state index in [0.29, 0.717) is 10.6 Å². The summed E-state index contributed by atoms with van der Waals surface area (Å²) in [5.74, 6) is -1.11. The Hall–Kier alpha value is -1.73. The summed E-state index contributed by atoms with van der Waals surface area (Å²) in [6.07, 6.45) is 1.60. The van der Waals surface area contributed by atoms with Gasteiger partial charge in [0.15, 0.2) is 9.84 Å². The molecule has 0 bridgehead atoms. The van der Waals surface area contributed by atoms with Crippen LogP contribution in [0.1, 0.15) is 23.4 Å². The molecule has 7 heteroatoms. The highest BCUT2D eigenvalue weighted by Gasteiger charge is 2.23. The van der Waals surface area contributed by atoms with Crippen LogP contribution in [-0.4, -0.2) is 25.1 Å². The zero-order chi connectivity index (χ0) is 14.8. The first-order valence-electron chi connectivity index (χ1n) is 5.97. The molecule has 1 unspecified atom stereocenters. The van der Waals surface area contributed by atoms with Crippen LogP contribution in [0.15, 0.2) is 40.7 Å². The molecule has 0 fully saturated rings. The highest BCUT2D eigenvalue weighted by atomic mass is 32.2. The van der Waals surface area contributed by atoms with Crippen LogP contribution in [0.5, 0.6) is 0 Å². The number of hydrogen-bond acceptors (Lipinski definition) is 5. The smallest absolute Gasteiger partial charge is 0.231 e. The molecule has 0 aliphatic heterocycles. The first kappa shape index (κ1) is 14.7. The van der Waals surface area contributed by atoms with Crippen molar-refractivity contribution in [3.05, 3.63) is 46.4 Å². The molecule has 1 aromatic carbocycles. The maximum atomic E-state index is 11.7. The predicted molar refractivity (Wildman–Crippen MR) is 77.3 cm³/mol. The average Bonchev–Trinajstić information content (AvgIpc) is 2.93. The maximum Gasteiger partial charge on any atom is 0.231 e. The maximum absolute atomic E-state index is 11.7. The number of sulfone groups is 1. The Balaban J connectivity index is 2.40. The van der Waals surface area contributed by atoms with Crippen molar-refractivity contribution in [2.75, 3.05) is 5.75 Å². The molecule has 1 heterocycles. The van der Waals surface area contributed by atoms with Crippen molar-refractivity contribution in [3.63, 3.8) is 0 Å². The molecule has 2 rings (SSSR count). The number of amides is 1. The molecule has 0 saturated heterocycles. The molecule has 106 valence electrons. The van der Waals surface area contributed by atoms with Crippen molar-refractivity contribution in [1.82, 2.24) is 4.98 Å². The van der Waals surface area contributed by atoms with E-state index in [-0.39, 0.29) is 10.6 Å². The summed E-state index contributed by atoms with van der Waals surface area (Å²) in [7, 11) is -3.24. The van der Waals surface area contributed by atoms with Crippen molar-refractivity contribution in [2.24, 2.45) is 5.73 Å². The van der Waals surface area contributed by atoms with Crippen LogP contribution in [0.2, 0.25) is 0 Å². The Bertz CT molecular complexity index is 692. The van der Waals surface area contributed by atoms with Gasteiger partial charge in [-0.2, -0.15) is 0 Å². The number of nitrogens with zero attached hydrogens (tertiary/aromatic N) is 1. The van der Waals surface area contributed by atoms with Crippen LogP contribution < -0.4 is 5.73 Å². The van der Waals surface area contributed by atoms with Gasteiger partial charge in [0, 0.05) is 11.6 Å². The van der Waals surface area contributed by atoms with E-state index >= 15 is 0 Å². The molecular weight excluding hydrogens is 296 g/mol. The third-order valence-electron chi connectivity index (χ3n) is 2.94. The highest BCUT2D eigenvalue weighted by molar-refractivity contribution is 7.91. The molecule has 0 saturated carbocycles. The summed E-state index contributed by atoms with van der Waals surface area (Å²) in [6.45, 7) is 1.59. The van der Waals surface area contributed by atoms with E-state index in [0.717, 1.165) is 0 Å². The van der Waals surface area contributed by atoms with E-state index in [4.69, 9.17) is 5.73 Å². The molecule has 0 radical (unpaired) electrons. The molecular formula is C13H14N2O3S2. The molecule has 1 amide bonds. The number of carbonyl (C=O) groups is 1. The molecule has 5 nitrogen and oxygen atoms in total. The minimum Gasteiger partial charge on any atom is -0.369 e. The number of carbonyl (C=O) groups excluding carboxylic acids is 1. The van der Waals surface area contributed by atoms with Crippen LogP contribution in [0.4, 0.5) is 0 Å². The summed E-state index contributed by atoms with van der Waals surface area (Å²) in [5.41, 5.74) is 6.06. The van der Waals surface area contributed by atoms with Gasteiger partial charge in [-0.3, -0.25) is 4.79 Å². The van der Waals surface area contributed by atoms with Gasteiger partial charge in [0.25, 0.3) is 0 Å². The molecule has 1 aromatic heterocycles. The normalized spacial score (nSPS) is 13.1. The van der Waals surface area contributed by atoms with Crippen LogP contribution in [0.25, 0.3) is 0 Å². The van der Waals surface area contributed by atoms with E-state index in [1.165, 1.54) is 23.5 Å². The number of aromatic nitrogens is 1. The fourth-order valence-corrected chi connectivity index (χ4v) is 3.50. The van der Waals surface area contributed by atoms with E-state index in [1.807, 2.05) is 0 Å². The third-order valence-corrected chi connectivity index (χ3v) is 5.53. The van der Waals surface area contributed by atoms with Gasteiger partial charge in [-0.25, -0.2) is 13.4 Å². The number of rotatable bonds is 5. The van der Waals surface area contributed by atoms with E-state index in [9.17, 15) is 13.2 Å². The second-order valence-corrected chi connectivity index (χ2v) is 7.38. The molecule has 0 spiro atoms. The largest absolute Gasteiger partial charge is 0.369 e. The number of primary amides is 1. The summed E-state index contributed by atoms with van der Waals surface area (Å²) in [5, 5.41) is 2.37. The van der Waals surface area contributed by atoms with Gasteiger partial charge in [-0.05, 0) is 17.7 Å². The third kappa shape index (κ3) is 2.88. The summed E-state index contributed by atoms with van der Waals surface area (Å²) in [4.78, 5) is 15.9. The van der Waals surface area contributed by atoms with Crippen LogP contribution in [-0.2, 0) is 14.6 Å². The van der Waals surface area contributed by atoms with Crippen LogP contribution in [0.3, 0.4) is 0 Å². The average molecular weight is 310 g/mol. The van der Waals surface area contributed by atoms with Crippen molar-refractivity contribution in [1.29, 1.82) is 0 Å². The topological polar surface area (TPSA) is 90.1 Å². The monoisotopic (exact) mass is 310 g/mol. The van der Waals surface area contributed by atoms with Crippen molar-refractivity contribution >= 4 is 27.1 Å². The van der Waals surface area contributed by atoms with Gasteiger partial charge < -0.3 is 5.73 Å². The Labute approximate surface area is 121 Å². The van der Waals surface area contributed by atoms with Gasteiger partial charge in [0.2, 0.25) is 5.91 Å². The molecule has 1 atom stereocenters. The van der Waals surface area contributed by atoms with Crippen molar-refractivity contribution in [2.45, 2.75) is 17.7 Å². The fraction of sp³-hybridized carbons (Fsp3) is 0.231. The van der Waals surface area contributed by atoms with Gasteiger partial charge in [-0.1, -0.05) is 19.1 Å². The molecule has 0 aliphatic rings. The SMILES string of the molecule is CCS(=O)(=O)c1ccc(C(C(N)=O)c2nccs2)cc1. The summed E-state index contributed by atoms with van der Waals surface area (Å²) < 4.78 is 23.5. The lowest BCUT2D eigenvalue weighted by Gasteiger charge is -2.11. The zero-order valence-electron chi connectivity index (χ0n) is 10.8. The van der Waals surface area contributed by atoms with Gasteiger partial charge in [-0.15, -0.1) is 11.3 Å². The summed E-state index contributed by atoms with van der Waals surface area (Å²) in [6, 6.07) is 6.22. The number of nitrogens with two attached hydrogens (primary N) is 1. The van der Waals surface area contributed by atoms with Crippen LogP contribution in [0, 0.1) is 0 Å². The van der Waals surface area contributed by atoms with E-state index < -0.39 is 21.7 Å². The Morgan fingerprint density at radius 1 is 1.35 bits per heavy atom. The Morgan fingerprint density at radius 3 is 2.45 bits per heavy atom. The van der Waals surface area contributed by atoms with Gasteiger partial charge in [0.05, 0.1) is 10.6 Å². The van der Waals surface area contributed by atoms with E-state index in [1.54, 1.807) is 30.6 Å². The fourth-order valence-electron chi connectivity index (χ4n) is 1.84. The lowest BCUT2D eigenvalue weighted by atomic mass is 9.99. The van der Waals surface area contributed by atoms with Crippen molar-refractivity contribution < 1.29 is 13.2 Å². The lowest BCUT2D eigenvalue weighted by Crippen LogP contribution is -2.22. The molecule has 20 heavy (non-hydrogen) atoms. The van der Waals surface area contributed by atoms with E-state index in [2.05, 4.69) is 4.98 Å². The molecule has 2 N–H and O–H groups in total. The predicted octanol–water partition coefficient (Wildman–Crippen LogP) is 1.55. The highest BCUT2D eigenvalue weighted by Crippen LogP contribution is 2.27. The number of hydrogen-bond donors (Lipinski definition) is 1. The van der Waals surface area contributed by atoms with Crippen LogP contribution >= 0.6 is 11.3 Å². The minimum atomic E-state index is -3.24. The Morgan fingerprint density at radius 2 is 2.00 bits per heavy atom. The second-order valence-electron chi connectivity index (χ2n) is 4.18. The lowest BCUT2D eigenvalue weighted by molar-refractivity contribution is -0.118. The summed E-state index contributed by atoms with van der Waals surface area (Å²) >= 11 is 1.34. The molecule has 2 aromatic rings. The second kappa shape index (κ2) is 5.72. The van der Waals surface area contributed by atoms with Gasteiger partial charge in [0.1, 0.15) is 10.9 Å². The minimum absolute atomic E-state index is 0.0398. The molecule has 0 aliphatic carbocycles. The van der Waals surface area contributed by atoms with Gasteiger partial charge >= 0.3 is 0 Å².